The van der Waals surface area contributed by atoms with E-state index in [0.29, 0.717) is 5.17 Å². The van der Waals surface area contributed by atoms with Gasteiger partial charge in [0.2, 0.25) is 0 Å². The highest BCUT2D eigenvalue weighted by atomic mass is 35.5. The molecule has 1 aliphatic heterocycles. The van der Waals surface area contributed by atoms with Crippen LogP contribution in [-0.4, -0.2) is 10.7 Å². The SMILES string of the molecule is CC12CCCC(=C1N)C=CC(Cl)=N2. The van der Waals surface area contributed by atoms with Crippen molar-refractivity contribution < 1.29 is 0 Å². The van der Waals surface area contributed by atoms with Crippen molar-refractivity contribution in [2.24, 2.45) is 10.7 Å². The van der Waals surface area contributed by atoms with E-state index in [1.165, 1.54) is 5.57 Å². The van der Waals surface area contributed by atoms with Crippen LogP contribution in [0.1, 0.15) is 26.2 Å². The van der Waals surface area contributed by atoms with Gasteiger partial charge < -0.3 is 5.73 Å². The summed E-state index contributed by atoms with van der Waals surface area (Å²) in [6, 6.07) is 0. The van der Waals surface area contributed by atoms with Crippen LogP contribution in [0.5, 0.6) is 0 Å². The summed E-state index contributed by atoms with van der Waals surface area (Å²) in [5, 5.41) is 0.558. The van der Waals surface area contributed by atoms with Crippen LogP contribution in [0.15, 0.2) is 28.4 Å². The van der Waals surface area contributed by atoms with Crippen LogP contribution >= 0.6 is 11.6 Å². The van der Waals surface area contributed by atoms with Gasteiger partial charge in [-0.1, -0.05) is 17.7 Å². The fourth-order valence-electron chi connectivity index (χ4n) is 1.97. The molecule has 0 spiro atoms. The van der Waals surface area contributed by atoms with Gasteiger partial charge in [0.1, 0.15) is 5.17 Å². The van der Waals surface area contributed by atoms with Crippen molar-refractivity contribution in [2.45, 2.75) is 31.7 Å². The Balaban J connectivity index is 2.54. The largest absolute Gasteiger partial charge is 0.400 e. The van der Waals surface area contributed by atoms with E-state index in [1.54, 1.807) is 0 Å². The topological polar surface area (TPSA) is 38.4 Å². The number of nitrogens with zero attached hydrogens (tertiary/aromatic N) is 1. The van der Waals surface area contributed by atoms with Crippen molar-refractivity contribution >= 4 is 16.8 Å². The van der Waals surface area contributed by atoms with Crippen molar-refractivity contribution in [1.29, 1.82) is 0 Å². The van der Waals surface area contributed by atoms with Crippen molar-refractivity contribution in [1.82, 2.24) is 0 Å². The number of hydrogen-bond acceptors (Lipinski definition) is 2. The number of halogens is 1. The molecule has 1 heterocycles. The van der Waals surface area contributed by atoms with Gasteiger partial charge >= 0.3 is 0 Å². The molecule has 0 saturated heterocycles. The Morgan fingerprint density at radius 3 is 3.08 bits per heavy atom. The molecule has 0 aromatic carbocycles. The summed E-state index contributed by atoms with van der Waals surface area (Å²) in [5.41, 5.74) is 7.88. The number of allylic oxidation sites excluding steroid dienone is 3. The van der Waals surface area contributed by atoms with Crippen molar-refractivity contribution in [2.75, 3.05) is 0 Å². The van der Waals surface area contributed by atoms with E-state index in [9.17, 15) is 0 Å². The maximum atomic E-state index is 6.04. The van der Waals surface area contributed by atoms with Gasteiger partial charge in [-0.3, -0.25) is 4.99 Å². The molecule has 2 rings (SSSR count). The average molecular weight is 197 g/mol. The number of hydrogen-bond donors (Lipinski definition) is 1. The lowest BCUT2D eigenvalue weighted by molar-refractivity contribution is 0.456. The van der Waals surface area contributed by atoms with E-state index in [2.05, 4.69) is 11.9 Å². The average Bonchev–Trinajstić information content (AvgIpc) is 2.16. The minimum atomic E-state index is -0.256. The lowest BCUT2D eigenvalue weighted by Crippen LogP contribution is -2.33. The Morgan fingerprint density at radius 2 is 2.31 bits per heavy atom. The fraction of sp³-hybridized carbons (Fsp3) is 0.500. The predicted molar refractivity (Wildman–Crippen MR) is 55.9 cm³/mol. The van der Waals surface area contributed by atoms with Gasteiger partial charge in [-0.15, -0.1) is 0 Å². The first-order valence-corrected chi connectivity index (χ1v) is 4.92. The monoisotopic (exact) mass is 196 g/mol. The molecule has 2 bridgehead atoms. The standard InChI is InChI=1S/C10H13ClN2/c1-10-6-2-3-7(9(10)12)4-5-8(11)13-10/h4-5H,2-3,6,12H2,1H3. The van der Waals surface area contributed by atoms with Crippen molar-refractivity contribution in [3.8, 4) is 0 Å². The van der Waals surface area contributed by atoms with Gasteiger partial charge in [0, 0.05) is 5.70 Å². The molecule has 1 unspecified atom stereocenters. The van der Waals surface area contributed by atoms with Crippen LogP contribution in [0.4, 0.5) is 0 Å². The highest BCUT2D eigenvalue weighted by molar-refractivity contribution is 6.68. The molecule has 2 aliphatic rings. The number of rotatable bonds is 0. The van der Waals surface area contributed by atoms with E-state index in [1.807, 2.05) is 12.2 Å². The summed E-state index contributed by atoms with van der Waals surface area (Å²) in [7, 11) is 0. The second kappa shape index (κ2) is 2.88. The smallest absolute Gasteiger partial charge is 0.124 e. The number of fused-ring (bicyclic) bond motifs is 1. The molecule has 13 heavy (non-hydrogen) atoms. The molecule has 0 fully saturated rings. The van der Waals surface area contributed by atoms with Crippen LogP contribution < -0.4 is 5.73 Å². The third kappa shape index (κ3) is 1.39. The first kappa shape index (κ1) is 8.82. The molecular weight excluding hydrogens is 184 g/mol. The molecule has 2 nitrogen and oxygen atoms in total. The maximum Gasteiger partial charge on any atom is 0.124 e. The van der Waals surface area contributed by atoms with Crippen LogP contribution in [-0.2, 0) is 0 Å². The first-order chi connectivity index (χ1) is 6.12. The minimum absolute atomic E-state index is 0.256. The Hall–Kier alpha value is -0.760. The highest BCUT2D eigenvalue weighted by Crippen LogP contribution is 2.36. The van der Waals surface area contributed by atoms with Gasteiger partial charge in [0.25, 0.3) is 0 Å². The Morgan fingerprint density at radius 1 is 1.54 bits per heavy atom. The normalized spacial score (nSPS) is 32.9. The number of nitrogens with two attached hydrogens (primary N) is 1. The molecule has 70 valence electrons. The zero-order valence-corrected chi connectivity index (χ0v) is 8.43. The predicted octanol–water partition coefficient (Wildman–Crippen LogP) is 2.35. The molecule has 0 aromatic heterocycles. The van der Waals surface area contributed by atoms with E-state index in [0.717, 1.165) is 25.0 Å². The third-order valence-corrected chi connectivity index (χ3v) is 3.02. The zero-order chi connectivity index (χ0) is 9.47. The summed E-state index contributed by atoms with van der Waals surface area (Å²) in [4.78, 5) is 4.42. The molecule has 3 heteroatoms. The highest BCUT2D eigenvalue weighted by Gasteiger charge is 2.32. The van der Waals surface area contributed by atoms with E-state index in [-0.39, 0.29) is 5.54 Å². The van der Waals surface area contributed by atoms with E-state index in [4.69, 9.17) is 17.3 Å². The van der Waals surface area contributed by atoms with Gasteiger partial charge in [-0.25, -0.2) is 0 Å². The molecule has 1 aliphatic carbocycles. The van der Waals surface area contributed by atoms with Crippen molar-refractivity contribution in [3.63, 3.8) is 0 Å². The van der Waals surface area contributed by atoms with Gasteiger partial charge in [0.15, 0.2) is 0 Å². The van der Waals surface area contributed by atoms with E-state index >= 15 is 0 Å². The summed E-state index contributed by atoms with van der Waals surface area (Å²) in [6.07, 6.45) is 7.02. The van der Waals surface area contributed by atoms with Crippen LogP contribution in [0.3, 0.4) is 0 Å². The van der Waals surface area contributed by atoms with Crippen molar-refractivity contribution in [3.05, 3.63) is 23.4 Å². The molecule has 2 N–H and O–H groups in total. The lowest BCUT2D eigenvalue weighted by Gasteiger charge is -2.31. The molecule has 0 aromatic rings. The fourth-order valence-corrected chi connectivity index (χ4v) is 2.22. The summed E-state index contributed by atoms with van der Waals surface area (Å²) in [6.45, 7) is 2.05. The molecular formula is C10H13ClN2. The molecule has 0 amide bonds. The summed E-state index contributed by atoms with van der Waals surface area (Å²) < 4.78 is 0. The Bertz CT molecular complexity index is 328. The first-order valence-electron chi connectivity index (χ1n) is 4.54. The lowest BCUT2D eigenvalue weighted by atomic mass is 9.83. The summed E-state index contributed by atoms with van der Waals surface area (Å²) in [5.74, 6) is 0. The van der Waals surface area contributed by atoms with Gasteiger partial charge in [-0.2, -0.15) is 0 Å². The van der Waals surface area contributed by atoms with Gasteiger partial charge in [-0.05, 0) is 37.8 Å². The Labute approximate surface area is 83.2 Å². The van der Waals surface area contributed by atoms with E-state index < -0.39 is 0 Å². The second-order valence-corrected chi connectivity index (χ2v) is 4.22. The van der Waals surface area contributed by atoms with Crippen LogP contribution in [0.2, 0.25) is 0 Å². The summed E-state index contributed by atoms with van der Waals surface area (Å²) >= 11 is 5.92. The van der Waals surface area contributed by atoms with Gasteiger partial charge in [0.05, 0.1) is 5.54 Å². The third-order valence-electron chi connectivity index (χ3n) is 2.81. The second-order valence-electron chi connectivity index (χ2n) is 3.83. The maximum absolute atomic E-state index is 6.04. The van der Waals surface area contributed by atoms with Crippen LogP contribution in [0.25, 0.3) is 0 Å². The molecule has 1 atom stereocenters. The molecule has 0 radical (unpaired) electrons. The Kier molecular flexibility index (Phi) is 1.95. The zero-order valence-electron chi connectivity index (χ0n) is 7.68. The van der Waals surface area contributed by atoms with Crippen LogP contribution in [0, 0.1) is 0 Å². The minimum Gasteiger partial charge on any atom is -0.400 e. The molecule has 0 saturated carbocycles. The number of aliphatic imine (C=N–C) groups is 1. The quantitative estimate of drug-likeness (QED) is 0.635.